The topological polar surface area (TPSA) is 65.9 Å². The van der Waals surface area contributed by atoms with E-state index in [9.17, 15) is 9.59 Å². The summed E-state index contributed by atoms with van der Waals surface area (Å²) in [4.78, 5) is 27.0. The minimum Gasteiger partial charge on any atom is -0.378 e. The molecule has 1 aliphatic rings. The SMILES string of the molecule is CCNC(=O)C(=O)NC[C@@H](c1ccc(N(C)C)cc1)[NH+]1CCCC1. The molecule has 0 bridgehead atoms. The molecule has 2 rings (SSSR count). The van der Waals surface area contributed by atoms with Crippen LogP contribution in [0.4, 0.5) is 5.69 Å². The van der Waals surface area contributed by atoms with Crippen LogP contribution in [0.1, 0.15) is 31.4 Å². The highest BCUT2D eigenvalue weighted by molar-refractivity contribution is 6.35. The Bertz CT molecular complexity index is 551. The average molecular weight is 333 g/mol. The molecule has 0 saturated carbocycles. The number of nitrogens with zero attached hydrogens (tertiary/aromatic N) is 1. The Morgan fingerprint density at radius 1 is 1.08 bits per heavy atom. The van der Waals surface area contributed by atoms with E-state index in [4.69, 9.17) is 0 Å². The first-order valence-corrected chi connectivity index (χ1v) is 8.70. The van der Waals surface area contributed by atoms with Crippen molar-refractivity contribution in [2.75, 3.05) is 45.2 Å². The summed E-state index contributed by atoms with van der Waals surface area (Å²) in [5.41, 5.74) is 2.36. The standard InChI is InChI=1S/C18H28N4O2/c1-4-19-17(23)18(24)20-13-16(22-11-5-6-12-22)14-7-9-15(10-8-14)21(2)3/h7-10,16H,4-6,11-13H2,1-3H3,(H,19,23)(H,20,24)/p+1/t16-/m0/s1. The predicted molar refractivity (Wildman–Crippen MR) is 95.1 cm³/mol. The molecule has 0 aromatic heterocycles. The van der Waals surface area contributed by atoms with Crippen LogP contribution in [0, 0.1) is 0 Å². The molecule has 1 fully saturated rings. The van der Waals surface area contributed by atoms with Crippen LogP contribution in [0.25, 0.3) is 0 Å². The van der Waals surface area contributed by atoms with Crippen molar-refractivity contribution in [2.24, 2.45) is 0 Å². The molecule has 1 aromatic carbocycles. The summed E-state index contributed by atoms with van der Waals surface area (Å²) in [6.07, 6.45) is 2.43. The zero-order valence-electron chi connectivity index (χ0n) is 14.9. The molecule has 24 heavy (non-hydrogen) atoms. The van der Waals surface area contributed by atoms with Crippen molar-refractivity contribution in [3.8, 4) is 0 Å². The second-order valence-electron chi connectivity index (χ2n) is 6.47. The third kappa shape index (κ3) is 4.71. The first kappa shape index (κ1) is 18.3. The van der Waals surface area contributed by atoms with Gasteiger partial charge in [0.1, 0.15) is 6.04 Å². The van der Waals surface area contributed by atoms with Crippen molar-refractivity contribution in [3.05, 3.63) is 29.8 Å². The Balaban J connectivity index is 2.07. The van der Waals surface area contributed by atoms with Gasteiger partial charge in [0.25, 0.3) is 0 Å². The summed E-state index contributed by atoms with van der Waals surface area (Å²) in [6, 6.07) is 8.64. The van der Waals surface area contributed by atoms with Gasteiger partial charge in [-0.25, -0.2) is 0 Å². The highest BCUT2D eigenvalue weighted by Gasteiger charge is 2.28. The smallest absolute Gasteiger partial charge is 0.309 e. The molecule has 0 aliphatic carbocycles. The van der Waals surface area contributed by atoms with Crippen LogP contribution in [-0.4, -0.2) is 52.1 Å². The first-order chi connectivity index (χ1) is 11.5. The van der Waals surface area contributed by atoms with E-state index in [1.807, 2.05) is 14.1 Å². The molecule has 0 spiro atoms. The molecular formula is C18H29N4O2+. The fourth-order valence-electron chi connectivity index (χ4n) is 3.20. The maximum absolute atomic E-state index is 11.9. The minimum absolute atomic E-state index is 0.182. The molecule has 1 atom stereocenters. The second kappa shape index (κ2) is 8.68. The van der Waals surface area contributed by atoms with E-state index in [2.05, 4.69) is 39.8 Å². The molecule has 0 radical (unpaired) electrons. The molecular weight excluding hydrogens is 304 g/mol. The molecule has 1 aromatic rings. The van der Waals surface area contributed by atoms with Crippen molar-refractivity contribution < 1.29 is 14.5 Å². The zero-order chi connectivity index (χ0) is 17.5. The number of anilines is 1. The number of benzene rings is 1. The van der Waals surface area contributed by atoms with E-state index in [0.717, 1.165) is 18.8 Å². The molecule has 1 aliphatic heterocycles. The molecule has 0 unspecified atom stereocenters. The monoisotopic (exact) mass is 333 g/mol. The number of likely N-dealkylation sites (tertiary alicyclic amines) is 1. The van der Waals surface area contributed by atoms with Gasteiger partial charge in [-0.2, -0.15) is 0 Å². The van der Waals surface area contributed by atoms with E-state index in [-0.39, 0.29) is 6.04 Å². The Hall–Kier alpha value is -2.08. The fraction of sp³-hybridized carbons (Fsp3) is 0.556. The highest BCUT2D eigenvalue weighted by Crippen LogP contribution is 2.17. The van der Waals surface area contributed by atoms with Crippen molar-refractivity contribution in [3.63, 3.8) is 0 Å². The number of amides is 2. The van der Waals surface area contributed by atoms with Gasteiger partial charge in [-0.05, 0) is 19.1 Å². The average Bonchev–Trinajstić information content (AvgIpc) is 3.09. The summed E-state index contributed by atoms with van der Waals surface area (Å²) >= 11 is 0. The molecule has 132 valence electrons. The van der Waals surface area contributed by atoms with Crippen molar-refractivity contribution >= 4 is 17.5 Å². The lowest BCUT2D eigenvalue weighted by Crippen LogP contribution is -3.11. The van der Waals surface area contributed by atoms with Crippen LogP contribution in [0.3, 0.4) is 0 Å². The fourth-order valence-corrected chi connectivity index (χ4v) is 3.20. The lowest BCUT2D eigenvalue weighted by molar-refractivity contribution is -0.918. The maximum atomic E-state index is 11.9. The second-order valence-corrected chi connectivity index (χ2v) is 6.47. The molecule has 6 heteroatoms. The van der Waals surface area contributed by atoms with Gasteiger partial charge in [0.05, 0.1) is 19.6 Å². The number of nitrogens with one attached hydrogen (secondary N) is 3. The van der Waals surface area contributed by atoms with Crippen LogP contribution < -0.4 is 20.4 Å². The largest absolute Gasteiger partial charge is 0.378 e. The van der Waals surface area contributed by atoms with E-state index < -0.39 is 11.8 Å². The molecule has 3 N–H and O–H groups in total. The number of hydrogen-bond donors (Lipinski definition) is 3. The van der Waals surface area contributed by atoms with Crippen LogP contribution >= 0.6 is 0 Å². The van der Waals surface area contributed by atoms with Gasteiger partial charge in [0, 0.05) is 44.7 Å². The minimum atomic E-state index is -0.560. The summed E-state index contributed by atoms with van der Waals surface area (Å²) < 4.78 is 0. The van der Waals surface area contributed by atoms with Crippen molar-refractivity contribution in [1.82, 2.24) is 10.6 Å². The van der Waals surface area contributed by atoms with Crippen LogP contribution in [-0.2, 0) is 9.59 Å². The van der Waals surface area contributed by atoms with Crippen molar-refractivity contribution in [2.45, 2.75) is 25.8 Å². The van der Waals surface area contributed by atoms with Crippen molar-refractivity contribution in [1.29, 1.82) is 0 Å². The van der Waals surface area contributed by atoms with Crippen LogP contribution in [0.5, 0.6) is 0 Å². The lowest BCUT2D eigenvalue weighted by atomic mass is 10.0. The Morgan fingerprint density at radius 2 is 1.67 bits per heavy atom. The first-order valence-electron chi connectivity index (χ1n) is 8.70. The normalized spacial score (nSPS) is 15.8. The van der Waals surface area contributed by atoms with Crippen LogP contribution in [0.15, 0.2) is 24.3 Å². The van der Waals surface area contributed by atoms with E-state index in [0.29, 0.717) is 13.1 Å². The quantitative estimate of drug-likeness (QED) is 0.628. The maximum Gasteiger partial charge on any atom is 0.309 e. The Kier molecular flexibility index (Phi) is 6.61. The summed E-state index contributed by atoms with van der Waals surface area (Å²) in [7, 11) is 4.04. The number of hydrogen-bond acceptors (Lipinski definition) is 3. The molecule has 6 nitrogen and oxygen atoms in total. The lowest BCUT2D eigenvalue weighted by Gasteiger charge is -2.25. The summed E-state index contributed by atoms with van der Waals surface area (Å²) in [5.74, 6) is -1.11. The van der Waals surface area contributed by atoms with Gasteiger partial charge in [0.2, 0.25) is 0 Å². The number of likely N-dealkylation sites (N-methyl/N-ethyl adjacent to an activating group) is 1. The highest BCUT2D eigenvalue weighted by atomic mass is 16.2. The van der Waals surface area contributed by atoms with Gasteiger partial charge < -0.3 is 20.4 Å². The molecule has 2 amide bonds. The third-order valence-electron chi connectivity index (χ3n) is 4.56. The van der Waals surface area contributed by atoms with E-state index >= 15 is 0 Å². The van der Waals surface area contributed by atoms with Gasteiger partial charge in [-0.3, -0.25) is 9.59 Å². The third-order valence-corrected chi connectivity index (χ3v) is 4.56. The number of carbonyl (C=O) groups excluding carboxylic acids is 2. The van der Waals surface area contributed by atoms with Gasteiger partial charge in [-0.1, -0.05) is 12.1 Å². The van der Waals surface area contributed by atoms with Gasteiger partial charge in [0.15, 0.2) is 0 Å². The number of quaternary nitrogens is 1. The Labute approximate surface area is 144 Å². The van der Waals surface area contributed by atoms with Crippen LogP contribution in [0.2, 0.25) is 0 Å². The summed E-state index contributed by atoms with van der Waals surface area (Å²) in [6.45, 7) is 4.95. The van der Waals surface area contributed by atoms with Gasteiger partial charge >= 0.3 is 11.8 Å². The Morgan fingerprint density at radius 3 is 2.21 bits per heavy atom. The number of rotatable bonds is 6. The molecule has 1 heterocycles. The van der Waals surface area contributed by atoms with E-state index in [1.165, 1.54) is 23.3 Å². The zero-order valence-corrected chi connectivity index (χ0v) is 14.9. The summed E-state index contributed by atoms with van der Waals surface area (Å²) in [5, 5.41) is 5.33. The van der Waals surface area contributed by atoms with E-state index in [1.54, 1.807) is 6.92 Å². The molecule has 1 saturated heterocycles. The number of carbonyl (C=O) groups is 2. The predicted octanol–water partition coefficient (Wildman–Crippen LogP) is -0.275. The van der Waals surface area contributed by atoms with Gasteiger partial charge in [-0.15, -0.1) is 0 Å².